The molecule has 0 aliphatic carbocycles. The highest BCUT2D eigenvalue weighted by molar-refractivity contribution is 7.10. The van der Waals surface area contributed by atoms with Gasteiger partial charge in [0.25, 0.3) is 0 Å². The number of thiophene rings is 1. The first-order valence-electron chi connectivity index (χ1n) is 7.26. The van der Waals surface area contributed by atoms with Crippen LogP contribution in [-0.2, 0) is 16.1 Å². The van der Waals surface area contributed by atoms with Gasteiger partial charge in [0.15, 0.2) is 0 Å². The van der Waals surface area contributed by atoms with Crippen molar-refractivity contribution in [3.63, 3.8) is 0 Å². The molecule has 1 aliphatic rings. The summed E-state index contributed by atoms with van der Waals surface area (Å²) in [5, 5.41) is 4.89. The molecule has 5 nitrogen and oxygen atoms in total. The molecule has 1 fully saturated rings. The van der Waals surface area contributed by atoms with Crippen molar-refractivity contribution in [1.29, 1.82) is 0 Å². The number of hydrogen-bond donors (Lipinski definition) is 1. The molecule has 2 aromatic rings. The van der Waals surface area contributed by atoms with Gasteiger partial charge in [-0.15, -0.1) is 11.3 Å². The van der Waals surface area contributed by atoms with E-state index in [4.69, 9.17) is 4.42 Å². The first-order chi connectivity index (χ1) is 10.7. The van der Waals surface area contributed by atoms with Crippen LogP contribution in [0.1, 0.15) is 29.5 Å². The van der Waals surface area contributed by atoms with Crippen molar-refractivity contribution in [2.45, 2.75) is 25.4 Å². The molecule has 0 saturated carbocycles. The lowest BCUT2D eigenvalue weighted by atomic mass is 9.87. The van der Waals surface area contributed by atoms with Gasteiger partial charge in [-0.2, -0.15) is 0 Å². The number of amides is 2. The van der Waals surface area contributed by atoms with Crippen LogP contribution in [0.4, 0.5) is 0 Å². The minimum Gasteiger partial charge on any atom is -0.467 e. The number of carbonyl (C=O) groups excluding carboxylic acids is 2. The highest BCUT2D eigenvalue weighted by atomic mass is 32.1. The number of nitrogens with zero attached hydrogens (tertiary/aromatic N) is 1. The lowest BCUT2D eigenvalue weighted by Crippen LogP contribution is -2.45. The maximum Gasteiger partial charge on any atom is 0.225 e. The summed E-state index contributed by atoms with van der Waals surface area (Å²) < 4.78 is 5.23. The number of carbonyl (C=O) groups is 2. The molecule has 3 heterocycles. The van der Waals surface area contributed by atoms with Gasteiger partial charge in [0.05, 0.1) is 24.8 Å². The monoisotopic (exact) mass is 318 g/mol. The van der Waals surface area contributed by atoms with E-state index in [1.54, 1.807) is 35.6 Å². The van der Waals surface area contributed by atoms with E-state index in [0.29, 0.717) is 19.4 Å². The molecule has 2 aromatic heterocycles. The quantitative estimate of drug-likeness (QED) is 0.942. The van der Waals surface area contributed by atoms with Crippen LogP contribution in [-0.4, -0.2) is 23.8 Å². The van der Waals surface area contributed by atoms with Crippen LogP contribution in [0, 0.1) is 5.92 Å². The Kier molecular flexibility index (Phi) is 4.29. The Bertz CT molecular complexity index is 636. The van der Waals surface area contributed by atoms with Gasteiger partial charge < -0.3 is 14.6 Å². The van der Waals surface area contributed by atoms with E-state index in [1.807, 2.05) is 23.6 Å². The van der Waals surface area contributed by atoms with Crippen LogP contribution < -0.4 is 5.32 Å². The fraction of sp³-hybridized carbons (Fsp3) is 0.375. The molecule has 2 amide bonds. The fourth-order valence-corrected chi connectivity index (χ4v) is 3.81. The summed E-state index contributed by atoms with van der Waals surface area (Å²) in [4.78, 5) is 27.3. The van der Waals surface area contributed by atoms with Gasteiger partial charge in [0.1, 0.15) is 5.76 Å². The molecule has 116 valence electrons. The second kappa shape index (κ2) is 6.36. The molecule has 1 N–H and O–H groups in total. The second-order valence-electron chi connectivity index (χ2n) is 5.41. The average molecular weight is 318 g/mol. The van der Waals surface area contributed by atoms with Crippen molar-refractivity contribution in [2.24, 2.45) is 5.92 Å². The smallest absolute Gasteiger partial charge is 0.225 e. The molecule has 6 heteroatoms. The van der Waals surface area contributed by atoms with Crippen LogP contribution in [0.5, 0.6) is 0 Å². The lowest BCUT2D eigenvalue weighted by Gasteiger charge is -2.37. The summed E-state index contributed by atoms with van der Waals surface area (Å²) in [6, 6.07) is 7.37. The summed E-state index contributed by atoms with van der Waals surface area (Å²) in [5.74, 6) is 0.556. The Morgan fingerprint density at radius 2 is 2.32 bits per heavy atom. The lowest BCUT2D eigenvalue weighted by molar-refractivity contribution is -0.141. The Hall–Kier alpha value is -2.08. The maximum absolute atomic E-state index is 12.6. The van der Waals surface area contributed by atoms with E-state index in [0.717, 1.165) is 10.6 Å². The van der Waals surface area contributed by atoms with Gasteiger partial charge >= 0.3 is 0 Å². The summed E-state index contributed by atoms with van der Waals surface area (Å²) >= 11 is 1.58. The summed E-state index contributed by atoms with van der Waals surface area (Å²) in [6.45, 7) is 0.372. The molecule has 2 atom stereocenters. The van der Waals surface area contributed by atoms with Gasteiger partial charge in [-0.05, 0) is 30.0 Å². The Balaban J connectivity index is 1.74. The van der Waals surface area contributed by atoms with Crippen LogP contribution in [0.15, 0.2) is 40.3 Å². The highest BCUT2D eigenvalue weighted by Gasteiger charge is 2.39. The van der Waals surface area contributed by atoms with Gasteiger partial charge in [-0.3, -0.25) is 9.59 Å². The van der Waals surface area contributed by atoms with Crippen molar-refractivity contribution < 1.29 is 14.0 Å². The van der Waals surface area contributed by atoms with Gasteiger partial charge in [-0.1, -0.05) is 6.07 Å². The zero-order valence-electron chi connectivity index (χ0n) is 12.3. The zero-order chi connectivity index (χ0) is 15.5. The van der Waals surface area contributed by atoms with Crippen LogP contribution in [0.2, 0.25) is 0 Å². The first kappa shape index (κ1) is 14.8. The minimum absolute atomic E-state index is 0.0332. The van der Waals surface area contributed by atoms with E-state index < -0.39 is 0 Å². The maximum atomic E-state index is 12.6. The third-order valence-electron chi connectivity index (χ3n) is 4.05. The summed E-state index contributed by atoms with van der Waals surface area (Å²) in [6.07, 6.45) is 2.58. The van der Waals surface area contributed by atoms with E-state index >= 15 is 0 Å². The Morgan fingerprint density at radius 1 is 1.45 bits per heavy atom. The Morgan fingerprint density at radius 3 is 3.00 bits per heavy atom. The molecule has 0 radical (unpaired) electrons. The number of nitrogens with one attached hydrogen (secondary N) is 1. The van der Waals surface area contributed by atoms with Crippen molar-refractivity contribution in [1.82, 2.24) is 10.2 Å². The van der Waals surface area contributed by atoms with Crippen molar-refractivity contribution in [2.75, 3.05) is 7.05 Å². The Labute approximate surface area is 132 Å². The highest BCUT2D eigenvalue weighted by Crippen LogP contribution is 2.37. The van der Waals surface area contributed by atoms with Crippen molar-refractivity contribution in [3.8, 4) is 0 Å². The van der Waals surface area contributed by atoms with Crippen LogP contribution >= 0.6 is 11.3 Å². The molecular formula is C16H18N2O3S. The van der Waals surface area contributed by atoms with E-state index in [2.05, 4.69) is 5.32 Å². The van der Waals surface area contributed by atoms with Gasteiger partial charge in [0.2, 0.25) is 11.8 Å². The normalized spacial score (nSPS) is 21.9. The molecule has 1 saturated heterocycles. The number of rotatable bonds is 4. The standard InChI is InChI=1S/C16H18N2O3S/c1-18-14(19)7-6-12(15(18)13-5-3-9-22-13)16(20)17-10-11-4-2-8-21-11/h2-5,8-9,12,15H,6-7,10H2,1H3,(H,17,20)/t12-,15+/m0/s1. The van der Waals surface area contributed by atoms with Gasteiger partial charge in [-0.25, -0.2) is 0 Å². The molecule has 0 bridgehead atoms. The van der Waals surface area contributed by atoms with Crippen molar-refractivity contribution >= 4 is 23.2 Å². The molecule has 1 aliphatic heterocycles. The van der Waals surface area contributed by atoms with Gasteiger partial charge in [0, 0.05) is 18.3 Å². The van der Waals surface area contributed by atoms with Crippen LogP contribution in [0.3, 0.4) is 0 Å². The predicted octanol–water partition coefficient (Wildman–Crippen LogP) is 2.57. The fourth-order valence-electron chi connectivity index (χ4n) is 2.88. The minimum atomic E-state index is -0.226. The molecule has 0 spiro atoms. The number of likely N-dealkylation sites (tertiary alicyclic amines) is 1. The molecule has 22 heavy (non-hydrogen) atoms. The number of furan rings is 1. The van der Waals surface area contributed by atoms with E-state index in [-0.39, 0.29) is 23.8 Å². The molecule has 3 rings (SSSR count). The third-order valence-corrected chi connectivity index (χ3v) is 4.99. The SMILES string of the molecule is CN1C(=O)CC[C@H](C(=O)NCc2ccco2)[C@@H]1c1cccs1. The van der Waals surface area contributed by atoms with E-state index in [9.17, 15) is 9.59 Å². The third kappa shape index (κ3) is 2.92. The number of hydrogen-bond acceptors (Lipinski definition) is 4. The predicted molar refractivity (Wildman–Crippen MR) is 83.1 cm³/mol. The molecule has 0 unspecified atom stereocenters. The van der Waals surface area contributed by atoms with E-state index in [1.165, 1.54) is 0 Å². The molecule has 0 aromatic carbocycles. The van der Waals surface area contributed by atoms with Crippen LogP contribution in [0.25, 0.3) is 0 Å². The summed E-state index contributed by atoms with van der Waals surface area (Å²) in [5.41, 5.74) is 0. The number of piperidine rings is 1. The van der Waals surface area contributed by atoms with Crippen molar-refractivity contribution in [3.05, 3.63) is 46.5 Å². The average Bonchev–Trinajstić information content (AvgIpc) is 3.20. The zero-order valence-corrected chi connectivity index (χ0v) is 13.1. The second-order valence-corrected chi connectivity index (χ2v) is 6.39. The summed E-state index contributed by atoms with van der Waals surface area (Å²) in [7, 11) is 1.78. The molecular weight excluding hydrogens is 300 g/mol. The largest absolute Gasteiger partial charge is 0.467 e. The first-order valence-corrected chi connectivity index (χ1v) is 8.14. The topological polar surface area (TPSA) is 62.6 Å².